The normalized spacial score (nSPS) is 10.9. The van der Waals surface area contributed by atoms with E-state index in [4.69, 9.17) is 4.74 Å². The Balaban J connectivity index is 1.48. The highest BCUT2D eigenvalue weighted by atomic mass is 16.5. The molecule has 5 nitrogen and oxygen atoms in total. The van der Waals surface area contributed by atoms with Crippen LogP contribution in [0.1, 0.15) is 21.5 Å². The molecule has 4 aromatic rings. The molecule has 0 fully saturated rings. The highest BCUT2D eigenvalue weighted by molar-refractivity contribution is 5.91. The number of hydrogen-bond donors (Lipinski definition) is 1. The number of ether oxygens (including phenoxy) is 1. The maximum Gasteiger partial charge on any atom is 0.339 e. The molecule has 0 saturated heterocycles. The average molecular weight is 372 g/mol. The van der Waals surface area contributed by atoms with Gasteiger partial charge in [0.15, 0.2) is 0 Å². The number of rotatable bonds is 7. The number of aromatic nitrogens is 2. The van der Waals surface area contributed by atoms with Crippen molar-refractivity contribution >= 4 is 16.7 Å². The van der Waals surface area contributed by atoms with Gasteiger partial charge in [0, 0.05) is 18.8 Å². The second kappa shape index (κ2) is 7.96. The molecule has 28 heavy (non-hydrogen) atoms. The first-order valence-electron chi connectivity index (χ1n) is 9.13. The Bertz CT molecular complexity index is 1100. The Morgan fingerprint density at radius 3 is 2.57 bits per heavy atom. The molecule has 0 bridgehead atoms. The van der Waals surface area contributed by atoms with Crippen molar-refractivity contribution in [3.8, 4) is 5.75 Å². The van der Waals surface area contributed by atoms with E-state index >= 15 is 0 Å². The lowest BCUT2D eigenvalue weighted by Crippen LogP contribution is -2.08. The molecule has 1 heterocycles. The molecule has 0 atom stereocenters. The number of carboxylic acid groups (broad SMARTS) is 1. The van der Waals surface area contributed by atoms with Gasteiger partial charge in [-0.3, -0.25) is 4.68 Å². The van der Waals surface area contributed by atoms with Gasteiger partial charge in [-0.2, -0.15) is 5.10 Å². The Kier molecular flexibility index (Phi) is 5.06. The van der Waals surface area contributed by atoms with E-state index in [1.165, 1.54) is 10.8 Å². The molecular formula is C23H20N2O3. The number of nitrogens with zero attached hydrogens (tertiary/aromatic N) is 2. The summed E-state index contributed by atoms with van der Waals surface area (Å²) in [6.45, 7) is 0.970. The summed E-state index contributed by atoms with van der Waals surface area (Å²) in [6.07, 6.45) is 4.28. The zero-order chi connectivity index (χ0) is 19.3. The maximum absolute atomic E-state index is 11.5. The lowest BCUT2D eigenvalue weighted by atomic mass is 10.1. The maximum atomic E-state index is 11.5. The molecule has 0 aliphatic carbocycles. The van der Waals surface area contributed by atoms with Gasteiger partial charge in [0.25, 0.3) is 0 Å². The van der Waals surface area contributed by atoms with E-state index in [0.29, 0.717) is 25.3 Å². The third kappa shape index (κ3) is 4.04. The third-order valence-corrected chi connectivity index (χ3v) is 4.64. The number of carbonyl (C=O) groups is 1. The Labute approximate surface area is 162 Å². The number of aromatic carboxylic acids is 1. The summed E-state index contributed by atoms with van der Waals surface area (Å²) in [6, 6.07) is 21.6. The first-order chi connectivity index (χ1) is 13.7. The predicted octanol–water partition coefficient (Wildman–Crippen LogP) is 4.40. The van der Waals surface area contributed by atoms with Crippen LogP contribution in [0.5, 0.6) is 5.75 Å². The van der Waals surface area contributed by atoms with Crippen LogP contribution < -0.4 is 4.74 Å². The Morgan fingerprint density at radius 2 is 1.79 bits per heavy atom. The zero-order valence-corrected chi connectivity index (χ0v) is 15.3. The molecule has 4 rings (SSSR count). The van der Waals surface area contributed by atoms with Crippen LogP contribution in [-0.2, 0) is 13.0 Å². The molecule has 140 valence electrons. The van der Waals surface area contributed by atoms with E-state index in [9.17, 15) is 9.90 Å². The van der Waals surface area contributed by atoms with E-state index in [1.54, 1.807) is 29.1 Å². The van der Waals surface area contributed by atoms with Crippen LogP contribution in [0, 0.1) is 0 Å². The monoisotopic (exact) mass is 372 g/mol. The summed E-state index contributed by atoms with van der Waals surface area (Å²) in [5, 5.41) is 16.0. The predicted molar refractivity (Wildman–Crippen MR) is 108 cm³/mol. The molecule has 3 aromatic carbocycles. The van der Waals surface area contributed by atoms with Crippen LogP contribution in [0.4, 0.5) is 0 Å². The van der Waals surface area contributed by atoms with Crippen molar-refractivity contribution in [2.75, 3.05) is 6.61 Å². The largest absolute Gasteiger partial charge is 0.492 e. The van der Waals surface area contributed by atoms with Crippen molar-refractivity contribution in [3.05, 3.63) is 95.8 Å². The van der Waals surface area contributed by atoms with Crippen molar-refractivity contribution in [2.45, 2.75) is 13.0 Å². The van der Waals surface area contributed by atoms with E-state index < -0.39 is 5.97 Å². The molecule has 0 unspecified atom stereocenters. The van der Waals surface area contributed by atoms with E-state index in [0.717, 1.165) is 11.1 Å². The van der Waals surface area contributed by atoms with Crippen LogP contribution in [0.25, 0.3) is 10.8 Å². The van der Waals surface area contributed by atoms with Crippen molar-refractivity contribution in [3.63, 3.8) is 0 Å². The Morgan fingerprint density at radius 1 is 0.964 bits per heavy atom. The molecule has 0 aliphatic rings. The molecule has 5 heteroatoms. The molecule has 0 amide bonds. The lowest BCUT2D eigenvalue weighted by Gasteiger charge is -2.12. The molecule has 0 radical (unpaired) electrons. The lowest BCUT2D eigenvalue weighted by molar-refractivity contribution is 0.0692. The number of carboxylic acids is 1. The first kappa shape index (κ1) is 17.8. The minimum absolute atomic E-state index is 0.169. The summed E-state index contributed by atoms with van der Waals surface area (Å²) < 4.78 is 7.65. The molecule has 1 aromatic heterocycles. The summed E-state index contributed by atoms with van der Waals surface area (Å²) in [4.78, 5) is 11.5. The topological polar surface area (TPSA) is 64.3 Å². The molecule has 0 aliphatic heterocycles. The minimum atomic E-state index is -0.994. The molecule has 1 N–H and O–H groups in total. The number of benzene rings is 3. The fourth-order valence-electron chi connectivity index (χ4n) is 3.22. The number of hydrogen-bond acceptors (Lipinski definition) is 3. The summed E-state index contributed by atoms with van der Waals surface area (Å²) in [5.41, 5.74) is 2.26. The quantitative estimate of drug-likeness (QED) is 0.522. The van der Waals surface area contributed by atoms with Gasteiger partial charge in [0.05, 0.1) is 13.2 Å². The van der Waals surface area contributed by atoms with Gasteiger partial charge in [-0.05, 0) is 40.1 Å². The van der Waals surface area contributed by atoms with Gasteiger partial charge in [0.2, 0.25) is 0 Å². The molecular weight excluding hydrogens is 352 g/mol. The van der Waals surface area contributed by atoms with E-state index in [-0.39, 0.29) is 5.56 Å². The summed E-state index contributed by atoms with van der Waals surface area (Å²) in [7, 11) is 0. The van der Waals surface area contributed by atoms with Gasteiger partial charge in [-0.15, -0.1) is 0 Å². The average Bonchev–Trinajstić information content (AvgIpc) is 3.21. The highest BCUT2D eigenvalue weighted by Gasteiger charge is 2.12. The second-order valence-corrected chi connectivity index (χ2v) is 6.62. The van der Waals surface area contributed by atoms with Crippen molar-refractivity contribution in [1.29, 1.82) is 0 Å². The smallest absolute Gasteiger partial charge is 0.339 e. The third-order valence-electron chi connectivity index (χ3n) is 4.64. The fraction of sp³-hybridized carbons (Fsp3) is 0.130. The van der Waals surface area contributed by atoms with Gasteiger partial charge >= 0.3 is 5.97 Å². The molecule has 0 spiro atoms. The number of fused-ring (bicyclic) bond motifs is 1. The van der Waals surface area contributed by atoms with Crippen molar-refractivity contribution in [1.82, 2.24) is 9.78 Å². The molecule has 0 saturated carbocycles. The van der Waals surface area contributed by atoms with Gasteiger partial charge in [-0.25, -0.2) is 4.79 Å². The summed E-state index contributed by atoms with van der Waals surface area (Å²) >= 11 is 0. The van der Waals surface area contributed by atoms with Crippen LogP contribution in [0.2, 0.25) is 0 Å². The SMILES string of the molecule is O=C(O)c1ccc(Cn2cccn2)cc1OCCc1ccc2ccccc2c1. The standard InChI is InChI=1S/C23H20N2O3/c26-23(27)21-9-7-18(16-25-12-3-11-24-25)15-22(21)28-13-10-17-6-8-19-4-1-2-5-20(19)14-17/h1-9,11-12,14-15H,10,13,16H2,(H,26,27). The van der Waals surface area contributed by atoms with E-state index in [2.05, 4.69) is 35.4 Å². The van der Waals surface area contributed by atoms with Crippen LogP contribution in [-0.4, -0.2) is 27.5 Å². The summed E-state index contributed by atoms with van der Waals surface area (Å²) in [5.74, 6) is -0.607. The second-order valence-electron chi connectivity index (χ2n) is 6.62. The minimum Gasteiger partial charge on any atom is -0.492 e. The van der Waals surface area contributed by atoms with Gasteiger partial charge in [-0.1, -0.05) is 48.5 Å². The van der Waals surface area contributed by atoms with Gasteiger partial charge < -0.3 is 9.84 Å². The van der Waals surface area contributed by atoms with Crippen LogP contribution in [0.15, 0.2) is 79.1 Å². The Hall–Kier alpha value is -3.60. The first-order valence-corrected chi connectivity index (χ1v) is 9.13. The van der Waals surface area contributed by atoms with Crippen molar-refractivity contribution < 1.29 is 14.6 Å². The van der Waals surface area contributed by atoms with Crippen LogP contribution in [0.3, 0.4) is 0 Å². The fourth-order valence-corrected chi connectivity index (χ4v) is 3.22. The van der Waals surface area contributed by atoms with Crippen molar-refractivity contribution in [2.24, 2.45) is 0 Å². The van der Waals surface area contributed by atoms with Gasteiger partial charge in [0.1, 0.15) is 11.3 Å². The zero-order valence-electron chi connectivity index (χ0n) is 15.3. The van der Waals surface area contributed by atoms with E-state index in [1.807, 2.05) is 24.4 Å². The highest BCUT2D eigenvalue weighted by Crippen LogP contribution is 2.22. The van der Waals surface area contributed by atoms with Crippen LogP contribution >= 0.6 is 0 Å².